The number of alkyl halides is 3. The van der Waals surface area contributed by atoms with Crippen molar-refractivity contribution in [1.82, 2.24) is 14.8 Å². The highest BCUT2D eigenvalue weighted by Gasteiger charge is 2.32. The average Bonchev–Trinajstić information content (AvgIpc) is 3.60. The molecular formula is C30H28F3N7O3S. The quantitative estimate of drug-likeness (QED) is 0.213. The molecule has 2 N–H and O–H groups in total. The summed E-state index contributed by atoms with van der Waals surface area (Å²) in [7, 11) is 0. The van der Waals surface area contributed by atoms with Crippen LogP contribution in [-0.2, 0) is 17.8 Å². The Kier molecular flexibility index (Phi) is 9.18. The molecule has 14 heteroatoms. The fourth-order valence-corrected chi connectivity index (χ4v) is 5.30. The molecule has 1 aliphatic rings. The van der Waals surface area contributed by atoms with Crippen molar-refractivity contribution in [3.05, 3.63) is 89.7 Å². The molecule has 3 amide bonds. The van der Waals surface area contributed by atoms with Crippen molar-refractivity contribution in [2.75, 3.05) is 21.3 Å². The van der Waals surface area contributed by atoms with Crippen LogP contribution in [0.15, 0.2) is 78.0 Å². The van der Waals surface area contributed by atoms with Crippen LogP contribution >= 0.6 is 11.8 Å². The summed E-state index contributed by atoms with van der Waals surface area (Å²) >= 11 is 1.23. The number of aryl methyl sites for hydroxylation is 2. The highest BCUT2D eigenvalue weighted by atomic mass is 32.2. The first-order chi connectivity index (χ1) is 21.1. The van der Waals surface area contributed by atoms with Crippen molar-refractivity contribution in [3.8, 4) is 11.4 Å². The first-order valence-electron chi connectivity index (χ1n) is 13.6. The number of rotatable bonds is 9. The number of amidine groups is 1. The fourth-order valence-electron chi connectivity index (χ4n) is 4.44. The van der Waals surface area contributed by atoms with Crippen molar-refractivity contribution >= 4 is 46.2 Å². The van der Waals surface area contributed by atoms with Gasteiger partial charge >= 0.3 is 12.4 Å². The number of thioether (sulfide) groups is 1. The maximum absolute atomic E-state index is 12.8. The van der Waals surface area contributed by atoms with E-state index in [0.717, 1.165) is 35.2 Å². The molecule has 1 saturated heterocycles. The van der Waals surface area contributed by atoms with E-state index in [1.807, 2.05) is 37.3 Å². The van der Waals surface area contributed by atoms with Gasteiger partial charge in [0.1, 0.15) is 12.1 Å². The second-order valence-corrected chi connectivity index (χ2v) is 10.8. The number of hydrogen-bond acceptors (Lipinski definition) is 7. The van der Waals surface area contributed by atoms with Gasteiger partial charge < -0.3 is 15.4 Å². The molecule has 1 aliphatic heterocycles. The smallest absolute Gasteiger partial charge is 0.406 e. The third-order valence-electron chi connectivity index (χ3n) is 6.45. The van der Waals surface area contributed by atoms with Crippen LogP contribution in [0.25, 0.3) is 5.69 Å². The van der Waals surface area contributed by atoms with Crippen molar-refractivity contribution in [2.45, 2.75) is 39.6 Å². The van der Waals surface area contributed by atoms with Crippen molar-refractivity contribution in [3.63, 3.8) is 0 Å². The lowest BCUT2D eigenvalue weighted by atomic mass is 10.0. The number of carbonyl (C=O) groups excluding carboxylic acids is 2. The summed E-state index contributed by atoms with van der Waals surface area (Å²) in [5, 5.41) is 10.5. The number of nitrogens with zero attached hydrogens (tertiary/aromatic N) is 5. The number of halogens is 3. The third kappa shape index (κ3) is 7.75. The second kappa shape index (κ2) is 13.2. The second-order valence-electron chi connectivity index (χ2n) is 9.83. The minimum Gasteiger partial charge on any atom is -0.406 e. The minimum absolute atomic E-state index is 0.117. The zero-order valence-electron chi connectivity index (χ0n) is 23.8. The lowest BCUT2D eigenvalue weighted by molar-refractivity contribution is -0.274. The molecule has 0 unspecified atom stereocenters. The van der Waals surface area contributed by atoms with Crippen molar-refractivity contribution in [1.29, 1.82) is 0 Å². The van der Waals surface area contributed by atoms with Crippen LogP contribution in [-0.4, -0.2) is 44.0 Å². The number of aromatic nitrogens is 3. The molecular weight excluding hydrogens is 595 g/mol. The fraction of sp³-hybridized carbons (Fsp3) is 0.233. The summed E-state index contributed by atoms with van der Waals surface area (Å²) in [6.45, 7) is 4.41. The van der Waals surface area contributed by atoms with Gasteiger partial charge in [0.05, 0.1) is 17.1 Å². The molecule has 0 saturated carbocycles. The number of amides is 3. The molecule has 44 heavy (non-hydrogen) atoms. The maximum atomic E-state index is 12.8. The normalized spacial score (nSPS) is 14.2. The van der Waals surface area contributed by atoms with Crippen LogP contribution in [0.5, 0.6) is 5.75 Å². The standard InChI is InChI=1S/C30H28F3N7O3S/c1-3-4-21-8-5-19(2)15-25(21)40-26(41)17-44-29(40)37-28(42)36-22-9-6-20(7-10-22)16-34-27-35-18-39(38-27)23-11-13-24(14-12-23)43-30(31,32)33/h5-15,18H,3-4,16-17H2,1-2H3,(H,34,38)(H,36,42). The first kappa shape index (κ1) is 30.6. The molecule has 2 heterocycles. The number of aliphatic imine (C=N–C) groups is 1. The number of ether oxygens (including phenoxy) is 1. The highest BCUT2D eigenvalue weighted by Crippen LogP contribution is 2.31. The van der Waals surface area contributed by atoms with E-state index in [4.69, 9.17) is 0 Å². The molecule has 1 aromatic heterocycles. The Bertz CT molecular complexity index is 1670. The van der Waals surface area contributed by atoms with Gasteiger partial charge in [-0.3, -0.25) is 9.69 Å². The monoisotopic (exact) mass is 623 g/mol. The average molecular weight is 624 g/mol. The van der Waals surface area contributed by atoms with E-state index in [9.17, 15) is 22.8 Å². The molecule has 228 valence electrons. The zero-order chi connectivity index (χ0) is 31.3. The Hall–Kier alpha value is -4.85. The van der Waals surface area contributed by atoms with E-state index in [1.54, 1.807) is 12.1 Å². The van der Waals surface area contributed by atoms with Crippen LogP contribution in [0.1, 0.15) is 30.0 Å². The van der Waals surface area contributed by atoms with Gasteiger partial charge in [0.25, 0.3) is 0 Å². The topological polar surface area (TPSA) is 114 Å². The number of carbonyl (C=O) groups is 2. The summed E-state index contributed by atoms with van der Waals surface area (Å²) < 4.78 is 42.4. The molecule has 0 atom stereocenters. The van der Waals surface area contributed by atoms with E-state index < -0.39 is 12.4 Å². The molecule has 10 nitrogen and oxygen atoms in total. The Morgan fingerprint density at radius 2 is 1.84 bits per heavy atom. The summed E-state index contributed by atoms with van der Waals surface area (Å²) in [4.78, 5) is 35.5. The Balaban J connectivity index is 1.17. The van der Waals surface area contributed by atoms with Gasteiger partial charge in [-0.2, -0.15) is 4.99 Å². The Labute approximate surface area is 255 Å². The number of urea groups is 1. The Morgan fingerprint density at radius 1 is 1.09 bits per heavy atom. The SMILES string of the molecule is CCCc1ccc(C)cc1N1C(=O)CSC1=NC(=O)Nc1ccc(CNc2ncn(-c3ccc(OC(F)(F)F)cc3)n2)cc1. The lowest BCUT2D eigenvalue weighted by Gasteiger charge is -2.20. The maximum Gasteiger partial charge on any atom is 0.573 e. The van der Waals surface area contributed by atoms with E-state index in [0.29, 0.717) is 29.0 Å². The number of benzene rings is 3. The molecule has 4 aromatic rings. The highest BCUT2D eigenvalue weighted by molar-refractivity contribution is 8.15. The summed E-state index contributed by atoms with van der Waals surface area (Å²) in [5.74, 6) is 0.0835. The minimum atomic E-state index is -4.76. The van der Waals surface area contributed by atoms with Crippen LogP contribution in [0.3, 0.4) is 0 Å². The van der Waals surface area contributed by atoms with Gasteiger partial charge in [0.15, 0.2) is 5.17 Å². The summed E-state index contributed by atoms with van der Waals surface area (Å²) in [6.07, 6.45) is -1.60. The predicted octanol–water partition coefficient (Wildman–Crippen LogP) is 6.71. The number of hydrogen-bond donors (Lipinski definition) is 2. The third-order valence-corrected chi connectivity index (χ3v) is 7.37. The van der Waals surface area contributed by atoms with Gasteiger partial charge in [0, 0.05) is 12.2 Å². The number of anilines is 3. The van der Waals surface area contributed by atoms with Crippen molar-refractivity contribution < 1.29 is 27.5 Å². The van der Waals surface area contributed by atoms with Crippen LogP contribution in [0.4, 0.5) is 35.3 Å². The Morgan fingerprint density at radius 3 is 2.55 bits per heavy atom. The van der Waals surface area contributed by atoms with E-state index in [-0.39, 0.29) is 17.4 Å². The van der Waals surface area contributed by atoms with E-state index in [1.165, 1.54) is 51.9 Å². The summed E-state index contributed by atoms with van der Waals surface area (Å²) in [6, 6.07) is 17.7. The lowest BCUT2D eigenvalue weighted by Crippen LogP contribution is -2.31. The van der Waals surface area contributed by atoms with Gasteiger partial charge in [-0.25, -0.2) is 14.5 Å². The molecule has 3 aromatic carbocycles. The van der Waals surface area contributed by atoms with E-state index >= 15 is 0 Å². The molecule has 0 radical (unpaired) electrons. The van der Waals surface area contributed by atoms with Gasteiger partial charge in [-0.05, 0) is 72.5 Å². The van der Waals surface area contributed by atoms with Crippen LogP contribution in [0.2, 0.25) is 0 Å². The predicted molar refractivity (Wildman–Crippen MR) is 163 cm³/mol. The molecule has 0 aliphatic carbocycles. The molecule has 5 rings (SSSR count). The van der Waals surface area contributed by atoms with Crippen LogP contribution in [0, 0.1) is 6.92 Å². The first-order valence-corrected chi connectivity index (χ1v) is 14.6. The van der Waals surface area contributed by atoms with Gasteiger partial charge in [-0.15, -0.1) is 18.3 Å². The van der Waals surface area contributed by atoms with E-state index in [2.05, 4.69) is 37.4 Å². The van der Waals surface area contributed by atoms with Gasteiger partial charge in [0.2, 0.25) is 11.9 Å². The molecule has 0 spiro atoms. The molecule has 1 fully saturated rings. The largest absolute Gasteiger partial charge is 0.573 e. The van der Waals surface area contributed by atoms with Crippen LogP contribution < -0.4 is 20.3 Å². The van der Waals surface area contributed by atoms with Gasteiger partial charge in [-0.1, -0.05) is 49.4 Å². The zero-order valence-corrected chi connectivity index (χ0v) is 24.6. The number of nitrogens with one attached hydrogen (secondary N) is 2. The van der Waals surface area contributed by atoms with Crippen molar-refractivity contribution in [2.24, 2.45) is 4.99 Å². The summed E-state index contributed by atoms with van der Waals surface area (Å²) in [5.41, 5.74) is 4.73. The molecule has 0 bridgehead atoms.